The van der Waals surface area contributed by atoms with Crippen LogP contribution in [0.25, 0.3) is 55.7 Å². The van der Waals surface area contributed by atoms with E-state index in [-0.39, 0.29) is 11.2 Å². The molecule has 0 amide bonds. The molecular formula is C31H28FN7. The highest BCUT2D eigenvalue weighted by atomic mass is 19.1. The lowest BCUT2D eigenvalue weighted by Gasteiger charge is -2.20. The number of halogens is 1. The van der Waals surface area contributed by atoms with Crippen molar-refractivity contribution >= 4 is 27.8 Å². The summed E-state index contributed by atoms with van der Waals surface area (Å²) < 4.78 is 14.6. The van der Waals surface area contributed by atoms with Crippen LogP contribution >= 0.6 is 0 Å². The Balaban J connectivity index is 1.37. The molecule has 5 aromatic heterocycles. The third-order valence-corrected chi connectivity index (χ3v) is 6.51. The summed E-state index contributed by atoms with van der Waals surface area (Å²) in [6.07, 6.45) is 7.92. The van der Waals surface area contributed by atoms with E-state index in [0.717, 1.165) is 56.7 Å². The van der Waals surface area contributed by atoms with Crippen molar-refractivity contribution in [2.24, 2.45) is 5.41 Å². The van der Waals surface area contributed by atoms with Crippen LogP contribution in [0.15, 0.2) is 85.6 Å². The summed E-state index contributed by atoms with van der Waals surface area (Å²) >= 11 is 0. The molecular weight excluding hydrogens is 489 g/mol. The fourth-order valence-electron chi connectivity index (χ4n) is 4.89. The van der Waals surface area contributed by atoms with Gasteiger partial charge in [-0.25, -0.2) is 14.4 Å². The molecule has 0 aliphatic heterocycles. The molecule has 39 heavy (non-hydrogen) atoms. The maximum Gasteiger partial charge on any atom is 0.181 e. The summed E-state index contributed by atoms with van der Waals surface area (Å²) in [6, 6.07) is 14.6. The molecule has 0 saturated heterocycles. The summed E-state index contributed by atoms with van der Waals surface area (Å²) in [4.78, 5) is 16.9. The lowest BCUT2D eigenvalue weighted by Crippen LogP contribution is -2.10. The summed E-state index contributed by atoms with van der Waals surface area (Å²) in [5.74, 6) is -0.277. The normalized spacial score (nSPS) is 11.8. The first kappa shape index (κ1) is 24.5. The van der Waals surface area contributed by atoms with Gasteiger partial charge in [0.15, 0.2) is 5.65 Å². The van der Waals surface area contributed by atoms with Crippen molar-refractivity contribution in [1.29, 1.82) is 0 Å². The number of nitrogens with zero attached hydrogens (tertiary/aromatic N) is 4. The van der Waals surface area contributed by atoms with E-state index >= 15 is 0 Å². The molecule has 6 aromatic rings. The van der Waals surface area contributed by atoms with Gasteiger partial charge in [-0.15, -0.1) is 0 Å². The van der Waals surface area contributed by atoms with E-state index in [1.807, 2.05) is 36.5 Å². The number of pyridine rings is 3. The molecule has 6 rings (SSSR count). The number of aromatic amines is 2. The first-order chi connectivity index (χ1) is 18.7. The zero-order valence-electron chi connectivity index (χ0n) is 22.0. The first-order valence-electron chi connectivity index (χ1n) is 12.7. The van der Waals surface area contributed by atoms with Gasteiger partial charge in [0.1, 0.15) is 11.5 Å². The monoisotopic (exact) mass is 517 g/mol. The van der Waals surface area contributed by atoms with Crippen LogP contribution in [0.2, 0.25) is 0 Å². The van der Waals surface area contributed by atoms with Crippen LogP contribution in [0, 0.1) is 11.2 Å². The van der Waals surface area contributed by atoms with E-state index in [2.05, 4.69) is 62.8 Å². The van der Waals surface area contributed by atoms with Crippen LogP contribution in [0.5, 0.6) is 0 Å². The molecule has 0 bridgehead atoms. The number of allylic oxidation sites excluding steroid dienone is 1. The fourth-order valence-corrected chi connectivity index (χ4v) is 4.89. The zero-order valence-corrected chi connectivity index (χ0v) is 22.0. The minimum atomic E-state index is -0.277. The van der Waals surface area contributed by atoms with Gasteiger partial charge in [0.25, 0.3) is 0 Å². The molecule has 0 aliphatic rings. The van der Waals surface area contributed by atoms with Gasteiger partial charge in [0.05, 0.1) is 23.3 Å². The molecule has 0 aliphatic carbocycles. The minimum absolute atomic E-state index is 0.135. The topological polar surface area (TPSA) is 95.2 Å². The number of rotatable bonds is 6. The van der Waals surface area contributed by atoms with Gasteiger partial charge in [-0.2, -0.15) is 5.10 Å². The Bertz CT molecular complexity index is 1840. The second-order valence-electron chi connectivity index (χ2n) is 10.9. The van der Waals surface area contributed by atoms with E-state index in [4.69, 9.17) is 0 Å². The standard InChI is InChI=1S/C31H28FN7/c1-18(14-31(2,3)4)36-21-11-19(15-33-17-21)20-12-25-28(38-39-30(25)35-16-20)27-13-24-22(9-10-34-29(24)37-27)23-7-5-6-8-26(23)32/h5-13,15-17,36H,1,14H2,2-4H3,(H,34,37)(H,35,38,39). The summed E-state index contributed by atoms with van der Waals surface area (Å²) in [7, 11) is 0. The second-order valence-corrected chi connectivity index (χ2v) is 10.9. The minimum Gasteiger partial charge on any atom is -0.358 e. The Morgan fingerprint density at radius 2 is 1.77 bits per heavy atom. The number of anilines is 1. The van der Waals surface area contributed by atoms with Gasteiger partial charge in [0.2, 0.25) is 0 Å². The lowest BCUT2D eigenvalue weighted by molar-refractivity contribution is 0.411. The van der Waals surface area contributed by atoms with Crippen molar-refractivity contribution < 1.29 is 4.39 Å². The number of fused-ring (bicyclic) bond motifs is 2. The van der Waals surface area contributed by atoms with Crippen molar-refractivity contribution in [1.82, 2.24) is 30.1 Å². The molecule has 0 unspecified atom stereocenters. The van der Waals surface area contributed by atoms with Crippen LogP contribution in [-0.4, -0.2) is 30.1 Å². The fraction of sp³-hybridized carbons (Fsp3) is 0.161. The predicted octanol–water partition coefficient (Wildman–Crippen LogP) is 7.73. The first-order valence-corrected chi connectivity index (χ1v) is 12.7. The van der Waals surface area contributed by atoms with Crippen LogP contribution in [0.4, 0.5) is 10.1 Å². The van der Waals surface area contributed by atoms with Crippen LogP contribution in [0.3, 0.4) is 0 Å². The SMILES string of the molecule is C=C(CC(C)(C)C)Nc1cncc(-c2cnc3n[nH]c(-c4cc5c(-c6ccccc6F)ccnc5[nH]4)c3c2)c1. The van der Waals surface area contributed by atoms with Crippen LogP contribution in [0.1, 0.15) is 27.2 Å². The Kier molecular flexibility index (Phi) is 5.95. The molecule has 0 spiro atoms. The van der Waals surface area contributed by atoms with Crippen molar-refractivity contribution in [3.05, 3.63) is 91.4 Å². The smallest absolute Gasteiger partial charge is 0.181 e. The number of hydrogen-bond acceptors (Lipinski definition) is 5. The average Bonchev–Trinajstić information content (AvgIpc) is 3.51. The Labute approximate surface area is 225 Å². The maximum atomic E-state index is 14.6. The van der Waals surface area contributed by atoms with Crippen molar-refractivity contribution in [3.63, 3.8) is 0 Å². The largest absolute Gasteiger partial charge is 0.358 e. The molecule has 0 atom stereocenters. The van der Waals surface area contributed by atoms with Gasteiger partial charge in [-0.05, 0) is 47.7 Å². The number of aromatic nitrogens is 6. The second kappa shape index (κ2) is 9.47. The molecule has 5 heterocycles. The number of H-pyrrole nitrogens is 2. The molecule has 0 radical (unpaired) electrons. The van der Waals surface area contributed by atoms with E-state index in [1.165, 1.54) is 6.07 Å². The third-order valence-electron chi connectivity index (χ3n) is 6.51. The van der Waals surface area contributed by atoms with E-state index in [1.54, 1.807) is 30.7 Å². The van der Waals surface area contributed by atoms with Gasteiger partial charge >= 0.3 is 0 Å². The van der Waals surface area contributed by atoms with Crippen molar-refractivity contribution in [2.75, 3.05) is 5.32 Å². The highest BCUT2D eigenvalue weighted by molar-refractivity contribution is 5.99. The van der Waals surface area contributed by atoms with Crippen LogP contribution < -0.4 is 5.32 Å². The van der Waals surface area contributed by atoms with Crippen molar-refractivity contribution in [3.8, 4) is 33.6 Å². The quantitative estimate of drug-likeness (QED) is 0.210. The number of nitrogens with one attached hydrogen (secondary N) is 3. The zero-order chi connectivity index (χ0) is 27.1. The molecule has 3 N–H and O–H groups in total. The van der Waals surface area contributed by atoms with Gasteiger partial charge < -0.3 is 10.3 Å². The molecule has 194 valence electrons. The Hall–Kier alpha value is -4.85. The number of hydrogen-bond donors (Lipinski definition) is 3. The molecule has 8 heteroatoms. The Morgan fingerprint density at radius 1 is 0.949 bits per heavy atom. The highest BCUT2D eigenvalue weighted by Crippen LogP contribution is 2.35. The van der Waals surface area contributed by atoms with Gasteiger partial charge in [-0.3, -0.25) is 10.1 Å². The predicted molar refractivity (Wildman–Crippen MR) is 154 cm³/mol. The average molecular weight is 518 g/mol. The summed E-state index contributed by atoms with van der Waals surface area (Å²) in [5.41, 5.74) is 7.89. The van der Waals surface area contributed by atoms with Crippen LogP contribution in [-0.2, 0) is 0 Å². The number of benzene rings is 1. The third kappa shape index (κ3) is 4.88. The van der Waals surface area contributed by atoms with E-state index in [0.29, 0.717) is 16.9 Å². The van der Waals surface area contributed by atoms with Gasteiger partial charge in [-0.1, -0.05) is 45.5 Å². The lowest BCUT2D eigenvalue weighted by atomic mass is 9.91. The maximum absolute atomic E-state index is 14.6. The highest BCUT2D eigenvalue weighted by Gasteiger charge is 2.17. The molecule has 0 saturated carbocycles. The van der Waals surface area contributed by atoms with Crippen molar-refractivity contribution in [2.45, 2.75) is 27.2 Å². The van der Waals surface area contributed by atoms with Gasteiger partial charge in [0, 0.05) is 51.8 Å². The molecule has 1 aromatic carbocycles. The van der Waals surface area contributed by atoms with E-state index in [9.17, 15) is 4.39 Å². The molecule has 7 nitrogen and oxygen atoms in total. The summed E-state index contributed by atoms with van der Waals surface area (Å²) in [5, 5.41) is 12.6. The molecule has 0 fully saturated rings. The Morgan fingerprint density at radius 3 is 2.59 bits per heavy atom. The van der Waals surface area contributed by atoms with E-state index < -0.39 is 0 Å². The summed E-state index contributed by atoms with van der Waals surface area (Å²) in [6.45, 7) is 10.7.